The van der Waals surface area contributed by atoms with Gasteiger partial charge >= 0.3 is 6.18 Å². The van der Waals surface area contributed by atoms with Gasteiger partial charge in [0.15, 0.2) is 0 Å². The second-order valence-electron chi connectivity index (χ2n) is 4.85. The van der Waals surface area contributed by atoms with Gasteiger partial charge in [-0.05, 0) is 42.1 Å². The summed E-state index contributed by atoms with van der Waals surface area (Å²) in [5.74, 6) is -1.05. The fourth-order valence-electron chi connectivity index (χ4n) is 1.95. The average Bonchev–Trinajstić information content (AvgIpc) is 3.17. The van der Waals surface area contributed by atoms with Crippen molar-refractivity contribution in [2.24, 2.45) is 5.41 Å². The summed E-state index contributed by atoms with van der Waals surface area (Å²) < 4.78 is 38.3. The van der Waals surface area contributed by atoms with Crippen LogP contribution in [0.1, 0.15) is 28.8 Å². The zero-order valence-electron chi connectivity index (χ0n) is 10.6. The molecule has 1 fully saturated rings. The fourth-order valence-corrected chi connectivity index (χ4v) is 2.36. The number of hydrogen-bond acceptors (Lipinski definition) is 2. The zero-order valence-corrected chi connectivity index (χ0v) is 12.1. The first-order valence-electron chi connectivity index (χ1n) is 6.01. The topological polar surface area (TPSA) is 46.2 Å². The number of benzene rings is 1. The SMILES string of the molecule is O=C(Cl)c1cc(CNC(=O)C2(C(F)(F)F)CC2)ccc1Cl. The van der Waals surface area contributed by atoms with Crippen LogP contribution in [0.4, 0.5) is 13.2 Å². The molecule has 0 bridgehead atoms. The van der Waals surface area contributed by atoms with E-state index in [9.17, 15) is 22.8 Å². The number of halogens is 5. The molecule has 0 heterocycles. The molecule has 0 atom stereocenters. The lowest BCUT2D eigenvalue weighted by Gasteiger charge is -2.18. The summed E-state index contributed by atoms with van der Waals surface area (Å²) in [6, 6.07) is 4.24. The number of amides is 1. The molecular formula is C13H10Cl2F3NO2. The molecule has 0 aromatic heterocycles. The van der Waals surface area contributed by atoms with Gasteiger partial charge in [-0.3, -0.25) is 9.59 Å². The third-order valence-corrected chi connectivity index (χ3v) is 3.96. The molecule has 0 spiro atoms. The molecule has 0 aliphatic heterocycles. The van der Waals surface area contributed by atoms with E-state index in [2.05, 4.69) is 5.32 Å². The average molecular weight is 340 g/mol. The highest BCUT2D eigenvalue weighted by molar-refractivity contribution is 6.68. The summed E-state index contributed by atoms with van der Waals surface area (Å²) in [5, 5.41) is 1.60. The highest BCUT2D eigenvalue weighted by atomic mass is 35.5. The second-order valence-corrected chi connectivity index (χ2v) is 5.60. The molecule has 2 rings (SSSR count). The Kier molecular flexibility index (Phi) is 4.22. The molecule has 1 saturated carbocycles. The van der Waals surface area contributed by atoms with Crippen molar-refractivity contribution in [2.45, 2.75) is 25.6 Å². The number of carbonyl (C=O) groups is 2. The molecule has 1 aromatic rings. The van der Waals surface area contributed by atoms with E-state index in [1.165, 1.54) is 18.2 Å². The molecule has 8 heteroatoms. The van der Waals surface area contributed by atoms with Crippen LogP contribution in [0.15, 0.2) is 18.2 Å². The Hall–Kier alpha value is -1.27. The Bertz CT molecular complexity index is 598. The van der Waals surface area contributed by atoms with Gasteiger partial charge in [-0.25, -0.2) is 0 Å². The predicted octanol–water partition coefficient (Wildman–Crippen LogP) is 3.68. The molecule has 21 heavy (non-hydrogen) atoms. The Balaban J connectivity index is 2.06. The van der Waals surface area contributed by atoms with Gasteiger partial charge in [0.05, 0.1) is 10.6 Å². The Labute approximate surface area is 128 Å². The van der Waals surface area contributed by atoms with Crippen LogP contribution in [0, 0.1) is 5.41 Å². The number of nitrogens with one attached hydrogen (secondary N) is 1. The van der Waals surface area contributed by atoms with Crippen molar-refractivity contribution >= 4 is 34.4 Å². The van der Waals surface area contributed by atoms with Crippen molar-refractivity contribution in [3.63, 3.8) is 0 Å². The van der Waals surface area contributed by atoms with Crippen LogP contribution < -0.4 is 5.32 Å². The van der Waals surface area contributed by atoms with E-state index in [0.29, 0.717) is 5.56 Å². The van der Waals surface area contributed by atoms with E-state index in [-0.39, 0.29) is 30.0 Å². The summed E-state index contributed by atoms with van der Waals surface area (Å²) in [5.41, 5.74) is -1.78. The molecule has 3 nitrogen and oxygen atoms in total. The maximum absolute atomic E-state index is 12.8. The van der Waals surface area contributed by atoms with Crippen LogP contribution in [0.2, 0.25) is 5.02 Å². The largest absolute Gasteiger partial charge is 0.403 e. The third kappa shape index (κ3) is 3.16. The molecule has 1 amide bonds. The van der Waals surface area contributed by atoms with E-state index < -0.39 is 22.7 Å². The number of rotatable bonds is 4. The summed E-state index contributed by atoms with van der Waals surface area (Å²) in [7, 11) is 0. The first-order chi connectivity index (χ1) is 9.67. The second kappa shape index (κ2) is 5.50. The van der Waals surface area contributed by atoms with E-state index in [1.807, 2.05) is 0 Å². The van der Waals surface area contributed by atoms with Gasteiger partial charge < -0.3 is 5.32 Å². The monoisotopic (exact) mass is 339 g/mol. The molecule has 0 unspecified atom stereocenters. The van der Waals surface area contributed by atoms with Gasteiger partial charge in [-0.15, -0.1) is 0 Å². The van der Waals surface area contributed by atoms with E-state index >= 15 is 0 Å². The Morgan fingerprint density at radius 2 is 1.90 bits per heavy atom. The van der Waals surface area contributed by atoms with Crippen molar-refractivity contribution in [1.29, 1.82) is 0 Å². The van der Waals surface area contributed by atoms with Gasteiger partial charge in [0.2, 0.25) is 5.91 Å². The summed E-state index contributed by atoms with van der Waals surface area (Å²) in [4.78, 5) is 22.8. The molecular weight excluding hydrogens is 330 g/mol. The van der Waals surface area contributed by atoms with Crippen molar-refractivity contribution in [1.82, 2.24) is 5.32 Å². The minimum Gasteiger partial charge on any atom is -0.351 e. The first kappa shape index (κ1) is 16.1. The molecule has 1 aliphatic carbocycles. The fraction of sp³-hybridized carbons (Fsp3) is 0.385. The van der Waals surface area contributed by atoms with Crippen LogP contribution >= 0.6 is 23.2 Å². The van der Waals surface area contributed by atoms with Crippen molar-refractivity contribution < 1.29 is 22.8 Å². The van der Waals surface area contributed by atoms with E-state index in [1.54, 1.807) is 0 Å². The predicted molar refractivity (Wildman–Crippen MR) is 71.2 cm³/mol. The minimum absolute atomic E-state index is 0.0436. The maximum atomic E-state index is 12.8. The molecule has 0 radical (unpaired) electrons. The zero-order chi connectivity index (χ0) is 15.8. The van der Waals surface area contributed by atoms with Crippen LogP contribution in [-0.2, 0) is 11.3 Å². The molecule has 1 N–H and O–H groups in total. The smallest absolute Gasteiger partial charge is 0.351 e. The highest BCUT2D eigenvalue weighted by Gasteiger charge is 2.68. The third-order valence-electron chi connectivity index (χ3n) is 3.42. The van der Waals surface area contributed by atoms with Gasteiger partial charge in [0.25, 0.3) is 5.24 Å². The summed E-state index contributed by atoms with van der Waals surface area (Å²) in [6.07, 6.45) is -4.95. The van der Waals surface area contributed by atoms with Crippen LogP contribution in [0.5, 0.6) is 0 Å². The normalized spacial score (nSPS) is 16.4. The summed E-state index contributed by atoms with van der Waals surface area (Å²) in [6.45, 7) is -0.134. The Morgan fingerprint density at radius 3 is 2.38 bits per heavy atom. The summed E-state index contributed by atoms with van der Waals surface area (Å²) >= 11 is 11.1. The number of hydrogen-bond donors (Lipinski definition) is 1. The van der Waals surface area contributed by atoms with Crippen LogP contribution in [-0.4, -0.2) is 17.3 Å². The maximum Gasteiger partial charge on any atom is 0.403 e. The molecule has 1 aromatic carbocycles. The number of alkyl halides is 3. The van der Waals surface area contributed by atoms with Gasteiger partial charge in [-0.1, -0.05) is 17.7 Å². The lowest BCUT2D eigenvalue weighted by Crippen LogP contribution is -2.40. The van der Waals surface area contributed by atoms with Crippen molar-refractivity contribution in [2.75, 3.05) is 0 Å². The first-order valence-corrected chi connectivity index (χ1v) is 6.76. The van der Waals surface area contributed by atoms with Crippen LogP contribution in [0.25, 0.3) is 0 Å². The molecule has 0 saturated heterocycles. The molecule has 1 aliphatic rings. The van der Waals surface area contributed by atoms with Gasteiger partial charge in [-0.2, -0.15) is 13.2 Å². The van der Waals surface area contributed by atoms with Crippen molar-refractivity contribution in [3.05, 3.63) is 34.3 Å². The molecule has 114 valence electrons. The standard InChI is InChI=1S/C13H10Cl2F3NO2/c14-9-2-1-7(5-8(9)10(15)20)6-19-11(21)12(3-4-12)13(16,17)18/h1-2,5H,3-4,6H2,(H,19,21). The minimum atomic E-state index is -4.55. The van der Waals surface area contributed by atoms with Gasteiger partial charge in [0, 0.05) is 6.54 Å². The van der Waals surface area contributed by atoms with Crippen molar-refractivity contribution in [3.8, 4) is 0 Å². The Morgan fingerprint density at radius 1 is 1.29 bits per heavy atom. The van der Waals surface area contributed by atoms with Gasteiger partial charge in [0.1, 0.15) is 5.41 Å². The lowest BCUT2D eigenvalue weighted by atomic mass is 10.1. The van der Waals surface area contributed by atoms with E-state index in [0.717, 1.165) is 0 Å². The number of carbonyl (C=O) groups excluding carboxylic acids is 2. The lowest BCUT2D eigenvalue weighted by molar-refractivity contribution is -0.192. The van der Waals surface area contributed by atoms with Crippen LogP contribution in [0.3, 0.4) is 0 Å². The quantitative estimate of drug-likeness (QED) is 0.850. The van der Waals surface area contributed by atoms with E-state index in [4.69, 9.17) is 23.2 Å². The highest BCUT2D eigenvalue weighted by Crippen LogP contribution is 2.57.